The van der Waals surface area contributed by atoms with Crippen molar-refractivity contribution in [3.63, 3.8) is 0 Å². The second-order valence-corrected chi connectivity index (χ2v) is 8.52. The van der Waals surface area contributed by atoms with Gasteiger partial charge in [-0.15, -0.1) is 24.0 Å². The topological polar surface area (TPSA) is 49.6 Å². The highest BCUT2D eigenvalue weighted by atomic mass is 32.1. The summed E-state index contributed by atoms with van der Waals surface area (Å²) in [5.41, 5.74) is 4.27. The Labute approximate surface area is 173 Å². The molecule has 1 N–H and O–H groups in total. The maximum Gasteiger partial charge on any atom is 0.237 e. The molecule has 0 saturated carbocycles. The summed E-state index contributed by atoms with van der Waals surface area (Å²) in [6.07, 6.45) is 6.53. The fraction of sp³-hybridized carbons (Fsp3) is 0.136. The number of aryl methyl sites for hydroxylation is 1. The van der Waals surface area contributed by atoms with Crippen LogP contribution in [0.1, 0.15) is 25.7 Å². The Bertz CT molecular complexity index is 1130. The molecule has 4 aromatic rings. The molecule has 0 aliphatic rings. The zero-order chi connectivity index (χ0) is 19.5. The SMILES string of the molecule is Cc1ccc(C(=O)C[n+]2cccc(-c3[nH]ncc3Cc3cccc(S)c3)c2)s1. The molecule has 4 nitrogen and oxygen atoms in total. The average molecular weight is 407 g/mol. The maximum absolute atomic E-state index is 12.5. The van der Waals surface area contributed by atoms with Crippen LogP contribution in [-0.2, 0) is 13.0 Å². The van der Waals surface area contributed by atoms with E-state index in [0.29, 0.717) is 6.54 Å². The zero-order valence-electron chi connectivity index (χ0n) is 15.4. The van der Waals surface area contributed by atoms with E-state index in [-0.39, 0.29) is 5.78 Å². The molecule has 0 aliphatic carbocycles. The Morgan fingerprint density at radius 2 is 2.11 bits per heavy atom. The Morgan fingerprint density at radius 1 is 1.21 bits per heavy atom. The predicted molar refractivity (Wildman–Crippen MR) is 114 cm³/mol. The van der Waals surface area contributed by atoms with Crippen molar-refractivity contribution in [2.75, 3.05) is 0 Å². The van der Waals surface area contributed by atoms with Crippen molar-refractivity contribution in [2.24, 2.45) is 0 Å². The summed E-state index contributed by atoms with van der Waals surface area (Å²) in [6, 6.07) is 16.0. The van der Waals surface area contributed by atoms with Crippen molar-refractivity contribution in [3.05, 3.63) is 88.0 Å². The molecule has 28 heavy (non-hydrogen) atoms. The summed E-state index contributed by atoms with van der Waals surface area (Å²) in [6.45, 7) is 2.33. The third-order valence-corrected chi connectivity index (χ3v) is 5.83. The first-order chi connectivity index (χ1) is 13.6. The minimum absolute atomic E-state index is 0.121. The third kappa shape index (κ3) is 4.24. The van der Waals surface area contributed by atoms with Gasteiger partial charge in [0.15, 0.2) is 12.4 Å². The number of Topliss-reactive ketones (excluding diaryl/α,β-unsaturated/α-hetero) is 1. The molecular weight excluding hydrogens is 386 g/mol. The third-order valence-electron chi connectivity index (χ3n) is 4.51. The molecule has 0 saturated heterocycles. The highest BCUT2D eigenvalue weighted by Gasteiger charge is 2.16. The largest absolute Gasteiger partial charge is 0.286 e. The van der Waals surface area contributed by atoms with Gasteiger partial charge in [0, 0.05) is 27.8 Å². The Balaban J connectivity index is 1.57. The van der Waals surface area contributed by atoms with Gasteiger partial charge in [-0.2, -0.15) is 9.67 Å². The van der Waals surface area contributed by atoms with Crippen molar-refractivity contribution in [2.45, 2.75) is 24.8 Å². The smallest absolute Gasteiger partial charge is 0.237 e. The van der Waals surface area contributed by atoms with Gasteiger partial charge in [0.05, 0.1) is 22.3 Å². The lowest BCUT2D eigenvalue weighted by Gasteiger charge is -2.04. The molecule has 0 amide bonds. The molecule has 0 unspecified atom stereocenters. The molecule has 0 spiro atoms. The summed E-state index contributed by atoms with van der Waals surface area (Å²) in [7, 11) is 0. The standard InChI is InChI=1S/C22H19N3OS2/c1-15-7-8-21(28-15)20(26)14-25-9-3-5-17(13-25)22-18(12-23-24-22)10-16-4-2-6-19(27)11-16/h2-9,11-13H,10,14H2,1H3,(H-,23,24,27)/p+1. The van der Waals surface area contributed by atoms with Crippen LogP contribution in [0.15, 0.2) is 72.0 Å². The zero-order valence-corrected chi connectivity index (χ0v) is 17.1. The fourth-order valence-electron chi connectivity index (χ4n) is 3.18. The van der Waals surface area contributed by atoms with E-state index < -0.39 is 0 Å². The summed E-state index contributed by atoms with van der Waals surface area (Å²) in [4.78, 5) is 15.4. The van der Waals surface area contributed by atoms with Gasteiger partial charge in [0.25, 0.3) is 0 Å². The molecule has 0 aliphatic heterocycles. The highest BCUT2D eigenvalue weighted by molar-refractivity contribution is 7.80. The van der Waals surface area contributed by atoms with E-state index in [0.717, 1.165) is 37.9 Å². The molecule has 4 rings (SSSR count). The normalized spacial score (nSPS) is 10.9. The number of carbonyl (C=O) groups excluding carboxylic acids is 1. The van der Waals surface area contributed by atoms with Crippen molar-refractivity contribution in [1.82, 2.24) is 10.2 Å². The average Bonchev–Trinajstić information content (AvgIpc) is 3.31. The van der Waals surface area contributed by atoms with E-state index in [2.05, 4.69) is 35.0 Å². The second-order valence-electron chi connectivity index (χ2n) is 6.72. The van der Waals surface area contributed by atoms with Crippen molar-refractivity contribution in [1.29, 1.82) is 0 Å². The van der Waals surface area contributed by atoms with Crippen LogP contribution in [0.5, 0.6) is 0 Å². The van der Waals surface area contributed by atoms with Gasteiger partial charge in [-0.3, -0.25) is 9.89 Å². The number of aromatic nitrogens is 3. The van der Waals surface area contributed by atoms with Gasteiger partial charge >= 0.3 is 0 Å². The van der Waals surface area contributed by atoms with Crippen LogP contribution in [0.3, 0.4) is 0 Å². The number of carbonyl (C=O) groups is 1. The number of aromatic amines is 1. The van der Waals surface area contributed by atoms with E-state index in [1.165, 1.54) is 16.9 Å². The first-order valence-corrected chi connectivity index (χ1v) is 10.2. The van der Waals surface area contributed by atoms with Crippen LogP contribution >= 0.6 is 24.0 Å². The Hall–Kier alpha value is -2.70. The number of nitrogens with one attached hydrogen (secondary N) is 1. The van der Waals surface area contributed by atoms with E-state index in [1.807, 2.05) is 66.5 Å². The Kier molecular flexibility index (Phi) is 5.41. The number of hydrogen-bond acceptors (Lipinski definition) is 4. The van der Waals surface area contributed by atoms with E-state index in [4.69, 9.17) is 0 Å². The van der Waals surface area contributed by atoms with Crippen molar-refractivity contribution < 1.29 is 9.36 Å². The number of ketones is 1. The molecule has 3 aromatic heterocycles. The Morgan fingerprint density at radius 3 is 2.89 bits per heavy atom. The number of hydrogen-bond donors (Lipinski definition) is 2. The van der Waals surface area contributed by atoms with Gasteiger partial charge < -0.3 is 0 Å². The van der Waals surface area contributed by atoms with Gasteiger partial charge in [-0.25, -0.2) is 0 Å². The first-order valence-electron chi connectivity index (χ1n) is 8.98. The quantitative estimate of drug-likeness (QED) is 0.281. The highest BCUT2D eigenvalue weighted by Crippen LogP contribution is 2.23. The van der Waals surface area contributed by atoms with Crippen LogP contribution in [-0.4, -0.2) is 16.0 Å². The number of benzene rings is 1. The second kappa shape index (κ2) is 8.12. The molecule has 140 valence electrons. The van der Waals surface area contributed by atoms with Crippen LogP contribution in [0.4, 0.5) is 0 Å². The molecule has 0 atom stereocenters. The van der Waals surface area contributed by atoms with Crippen molar-refractivity contribution >= 4 is 29.7 Å². The lowest BCUT2D eigenvalue weighted by atomic mass is 10.0. The number of pyridine rings is 1. The number of rotatable bonds is 6. The van der Waals surface area contributed by atoms with E-state index in [9.17, 15) is 4.79 Å². The van der Waals surface area contributed by atoms with Gasteiger partial charge in [0.2, 0.25) is 12.3 Å². The first kappa shape index (κ1) is 18.7. The fourth-order valence-corrected chi connectivity index (χ4v) is 4.23. The maximum atomic E-state index is 12.5. The summed E-state index contributed by atoms with van der Waals surface area (Å²) < 4.78 is 1.92. The monoisotopic (exact) mass is 406 g/mol. The molecule has 1 aromatic carbocycles. The van der Waals surface area contributed by atoms with E-state index in [1.54, 1.807) is 0 Å². The van der Waals surface area contributed by atoms with Crippen LogP contribution in [0.2, 0.25) is 0 Å². The van der Waals surface area contributed by atoms with Crippen LogP contribution < -0.4 is 4.57 Å². The van der Waals surface area contributed by atoms with Crippen molar-refractivity contribution in [3.8, 4) is 11.3 Å². The van der Waals surface area contributed by atoms with Gasteiger partial charge in [-0.05, 0) is 42.8 Å². The van der Waals surface area contributed by atoms with Crippen LogP contribution in [0.25, 0.3) is 11.3 Å². The molecule has 6 heteroatoms. The summed E-state index contributed by atoms with van der Waals surface area (Å²) >= 11 is 5.96. The van der Waals surface area contributed by atoms with Gasteiger partial charge in [0.1, 0.15) is 0 Å². The minimum Gasteiger partial charge on any atom is -0.286 e. The summed E-state index contributed by atoms with van der Waals surface area (Å²) in [5.74, 6) is 0.121. The summed E-state index contributed by atoms with van der Waals surface area (Å²) in [5, 5.41) is 7.35. The molecule has 3 heterocycles. The molecular formula is C22H20N3OS2+. The molecule has 0 radical (unpaired) electrons. The number of thiol groups is 1. The predicted octanol–water partition coefficient (Wildman–Crippen LogP) is 4.50. The molecule has 0 fully saturated rings. The van der Waals surface area contributed by atoms with Gasteiger partial charge in [-0.1, -0.05) is 12.1 Å². The molecule has 0 bridgehead atoms. The van der Waals surface area contributed by atoms with Crippen LogP contribution in [0, 0.1) is 6.92 Å². The minimum atomic E-state index is 0.121. The number of nitrogens with zero attached hydrogens (tertiary/aromatic N) is 2. The lowest BCUT2D eigenvalue weighted by molar-refractivity contribution is -0.682. The number of H-pyrrole nitrogens is 1. The van der Waals surface area contributed by atoms with E-state index >= 15 is 0 Å². The number of thiophene rings is 1. The lowest BCUT2D eigenvalue weighted by Crippen LogP contribution is -2.37.